The Morgan fingerprint density at radius 2 is 2.20 bits per heavy atom. The molecule has 2 fully saturated rings. The smallest absolute Gasteiger partial charge is 0.327 e. The molecule has 0 bridgehead atoms. The van der Waals surface area contributed by atoms with E-state index in [1.54, 1.807) is 7.11 Å². The average molecular weight is 293 g/mol. The fraction of sp³-hybridized carbons (Fsp3) is 0.533. The number of esters is 1. The van der Waals surface area contributed by atoms with Gasteiger partial charge < -0.3 is 9.47 Å². The van der Waals surface area contributed by atoms with Gasteiger partial charge >= 0.3 is 5.97 Å². The van der Waals surface area contributed by atoms with E-state index in [1.807, 2.05) is 30.0 Å². The van der Waals surface area contributed by atoms with Gasteiger partial charge in [0.05, 0.1) is 14.2 Å². The Morgan fingerprint density at radius 1 is 1.40 bits per heavy atom. The highest BCUT2D eigenvalue weighted by atomic mass is 32.2. The number of fused-ring (bicyclic) bond motifs is 1. The molecule has 0 radical (unpaired) electrons. The van der Waals surface area contributed by atoms with Crippen LogP contribution in [0.5, 0.6) is 5.75 Å². The van der Waals surface area contributed by atoms with E-state index in [2.05, 4.69) is 11.4 Å². The molecule has 2 aliphatic heterocycles. The fourth-order valence-corrected chi connectivity index (χ4v) is 4.91. The topological polar surface area (TPSA) is 47.6 Å². The van der Waals surface area contributed by atoms with Crippen LogP contribution in [0.2, 0.25) is 0 Å². The number of carbonyl (C=O) groups is 1. The molecular weight excluding hydrogens is 274 g/mol. The lowest BCUT2D eigenvalue weighted by Gasteiger charge is -2.26. The second-order valence-corrected chi connectivity index (χ2v) is 6.38. The van der Waals surface area contributed by atoms with E-state index in [0.29, 0.717) is 5.92 Å². The summed E-state index contributed by atoms with van der Waals surface area (Å²) in [6.45, 7) is 0. The SMILES string of the molecule is COC(=O)C12CSCC1CC(c1ccccc1OC)N2. The summed E-state index contributed by atoms with van der Waals surface area (Å²) < 4.78 is 10.5. The van der Waals surface area contributed by atoms with E-state index in [-0.39, 0.29) is 12.0 Å². The second kappa shape index (κ2) is 5.30. The Kier molecular flexibility index (Phi) is 3.65. The molecule has 4 nitrogen and oxygen atoms in total. The number of rotatable bonds is 3. The summed E-state index contributed by atoms with van der Waals surface area (Å²) in [6.07, 6.45) is 0.947. The Bertz CT molecular complexity index is 522. The Labute approximate surface area is 123 Å². The zero-order valence-electron chi connectivity index (χ0n) is 11.7. The Morgan fingerprint density at radius 3 is 2.95 bits per heavy atom. The number of thioether (sulfide) groups is 1. The first-order chi connectivity index (χ1) is 9.71. The van der Waals surface area contributed by atoms with Crippen molar-refractivity contribution in [1.82, 2.24) is 5.32 Å². The number of hydrogen-bond donors (Lipinski definition) is 1. The molecule has 0 spiro atoms. The third-order valence-corrected chi connectivity index (χ3v) is 5.66. The highest BCUT2D eigenvalue weighted by Gasteiger charge is 2.56. The van der Waals surface area contributed by atoms with Crippen LogP contribution in [0.25, 0.3) is 0 Å². The van der Waals surface area contributed by atoms with Crippen molar-refractivity contribution in [2.45, 2.75) is 18.0 Å². The number of benzene rings is 1. The van der Waals surface area contributed by atoms with Crippen LogP contribution in [0.15, 0.2) is 24.3 Å². The number of carbonyl (C=O) groups excluding carboxylic acids is 1. The largest absolute Gasteiger partial charge is 0.496 e. The lowest BCUT2D eigenvalue weighted by atomic mass is 9.88. The Balaban J connectivity index is 1.90. The monoisotopic (exact) mass is 293 g/mol. The number of hydrogen-bond acceptors (Lipinski definition) is 5. The third kappa shape index (κ3) is 2.00. The lowest BCUT2D eigenvalue weighted by molar-refractivity contribution is -0.148. The van der Waals surface area contributed by atoms with E-state index in [0.717, 1.165) is 29.2 Å². The quantitative estimate of drug-likeness (QED) is 0.864. The minimum absolute atomic E-state index is 0.134. The van der Waals surface area contributed by atoms with Crippen molar-refractivity contribution in [2.24, 2.45) is 5.92 Å². The first kappa shape index (κ1) is 13.8. The van der Waals surface area contributed by atoms with E-state index < -0.39 is 5.54 Å². The molecule has 2 saturated heterocycles. The number of methoxy groups -OCH3 is 2. The van der Waals surface area contributed by atoms with Crippen molar-refractivity contribution in [3.63, 3.8) is 0 Å². The van der Waals surface area contributed by atoms with Gasteiger partial charge in [0, 0.05) is 17.4 Å². The van der Waals surface area contributed by atoms with Crippen LogP contribution in [0.3, 0.4) is 0 Å². The van der Waals surface area contributed by atoms with Gasteiger partial charge in [0.1, 0.15) is 11.3 Å². The van der Waals surface area contributed by atoms with E-state index >= 15 is 0 Å². The number of ether oxygens (including phenoxy) is 2. The highest BCUT2D eigenvalue weighted by Crippen LogP contribution is 2.47. The zero-order chi connectivity index (χ0) is 14.2. The molecule has 0 aliphatic carbocycles. The molecule has 2 aliphatic rings. The molecule has 1 aromatic carbocycles. The third-order valence-electron chi connectivity index (χ3n) is 4.36. The second-order valence-electron chi connectivity index (χ2n) is 5.35. The molecule has 0 amide bonds. The maximum atomic E-state index is 12.2. The predicted molar refractivity (Wildman–Crippen MR) is 79.0 cm³/mol. The van der Waals surface area contributed by atoms with E-state index in [1.165, 1.54) is 7.11 Å². The van der Waals surface area contributed by atoms with Crippen LogP contribution >= 0.6 is 11.8 Å². The maximum absolute atomic E-state index is 12.2. The van der Waals surface area contributed by atoms with Gasteiger partial charge in [-0.15, -0.1) is 0 Å². The first-order valence-corrected chi connectivity index (χ1v) is 7.93. The molecule has 0 aromatic heterocycles. The van der Waals surface area contributed by atoms with Gasteiger partial charge in [-0.1, -0.05) is 18.2 Å². The minimum atomic E-state index is -0.523. The van der Waals surface area contributed by atoms with Gasteiger partial charge in [-0.3, -0.25) is 10.1 Å². The van der Waals surface area contributed by atoms with Crippen molar-refractivity contribution >= 4 is 17.7 Å². The minimum Gasteiger partial charge on any atom is -0.496 e. The van der Waals surface area contributed by atoms with Crippen LogP contribution in [-0.2, 0) is 9.53 Å². The van der Waals surface area contributed by atoms with Gasteiger partial charge in [0.15, 0.2) is 0 Å². The van der Waals surface area contributed by atoms with Crippen LogP contribution in [0.1, 0.15) is 18.0 Å². The van der Waals surface area contributed by atoms with Crippen molar-refractivity contribution in [3.8, 4) is 5.75 Å². The molecule has 1 N–H and O–H groups in total. The molecule has 3 rings (SSSR count). The van der Waals surface area contributed by atoms with Crippen LogP contribution in [0.4, 0.5) is 0 Å². The summed E-state index contributed by atoms with van der Waals surface area (Å²) in [6, 6.07) is 8.15. The summed E-state index contributed by atoms with van der Waals surface area (Å²) >= 11 is 1.82. The number of para-hydroxylation sites is 1. The van der Waals surface area contributed by atoms with Crippen LogP contribution in [-0.4, -0.2) is 37.2 Å². The average Bonchev–Trinajstić information content (AvgIpc) is 3.04. The van der Waals surface area contributed by atoms with Gasteiger partial charge in [-0.05, 0) is 24.2 Å². The molecule has 2 heterocycles. The van der Waals surface area contributed by atoms with Gasteiger partial charge in [0.25, 0.3) is 0 Å². The van der Waals surface area contributed by atoms with Crippen LogP contribution < -0.4 is 10.1 Å². The summed E-state index contributed by atoms with van der Waals surface area (Å²) in [4.78, 5) is 12.2. The fourth-order valence-electron chi connectivity index (χ4n) is 3.33. The Hall–Kier alpha value is -1.20. The van der Waals surface area contributed by atoms with Crippen molar-refractivity contribution < 1.29 is 14.3 Å². The molecule has 1 aromatic rings. The van der Waals surface area contributed by atoms with Crippen LogP contribution in [0, 0.1) is 5.92 Å². The molecule has 20 heavy (non-hydrogen) atoms. The highest BCUT2D eigenvalue weighted by molar-refractivity contribution is 7.99. The molecule has 3 atom stereocenters. The predicted octanol–water partition coefficient (Wildman–Crippen LogP) is 2.00. The first-order valence-electron chi connectivity index (χ1n) is 6.78. The molecule has 0 saturated carbocycles. The summed E-state index contributed by atoms with van der Waals surface area (Å²) in [5.41, 5.74) is 0.600. The summed E-state index contributed by atoms with van der Waals surface area (Å²) in [7, 11) is 3.15. The van der Waals surface area contributed by atoms with Gasteiger partial charge in [-0.25, -0.2) is 0 Å². The standard InChI is InChI=1S/C15H19NO3S/c1-18-13-6-4-3-5-11(13)12-7-10-8-20-9-15(10,16-12)14(17)19-2/h3-6,10,12,16H,7-9H2,1-2H3. The van der Waals surface area contributed by atoms with Gasteiger partial charge in [-0.2, -0.15) is 11.8 Å². The molecule has 5 heteroatoms. The maximum Gasteiger partial charge on any atom is 0.327 e. The molecule has 3 unspecified atom stereocenters. The lowest BCUT2D eigenvalue weighted by Crippen LogP contribution is -2.53. The zero-order valence-corrected chi connectivity index (χ0v) is 12.5. The van der Waals surface area contributed by atoms with E-state index in [9.17, 15) is 4.79 Å². The summed E-state index contributed by atoms with van der Waals surface area (Å²) in [5, 5.41) is 3.53. The van der Waals surface area contributed by atoms with Crippen molar-refractivity contribution in [1.29, 1.82) is 0 Å². The molecule has 108 valence electrons. The van der Waals surface area contributed by atoms with E-state index in [4.69, 9.17) is 9.47 Å². The normalized spacial score (nSPS) is 31.9. The number of nitrogens with one attached hydrogen (secondary N) is 1. The van der Waals surface area contributed by atoms with Crippen molar-refractivity contribution in [3.05, 3.63) is 29.8 Å². The van der Waals surface area contributed by atoms with Crippen molar-refractivity contribution in [2.75, 3.05) is 25.7 Å². The molecular formula is C15H19NO3S. The summed E-state index contributed by atoms with van der Waals surface area (Å²) in [5.74, 6) is 2.86. The van der Waals surface area contributed by atoms with Gasteiger partial charge in [0.2, 0.25) is 0 Å².